The topological polar surface area (TPSA) is 20.2 Å². The van der Waals surface area contributed by atoms with E-state index in [1.807, 2.05) is 0 Å². The van der Waals surface area contributed by atoms with Gasteiger partial charge in [-0.1, -0.05) is 6.07 Å². The van der Waals surface area contributed by atoms with E-state index in [4.69, 9.17) is 0 Å². The summed E-state index contributed by atoms with van der Waals surface area (Å²) in [7, 11) is 2.19. The molecule has 1 N–H and O–H groups in total. The standard InChI is InChI=1S/C17H25N3/c1-12-9-13(2)17-15(11-20-7-5-18-6-8-20)14(3)19(4)16(17)10-12/h9-10,18H,5-8,11H2,1-4H3. The molecule has 20 heavy (non-hydrogen) atoms. The van der Waals surface area contributed by atoms with Crippen LogP contribution in [-0.4, -0.2) is 35.6 Å². The molecule has 1 fully saturated rings. The van der Waals surface area contributed by atoms with Crippen molar-refractivity contribution in [1.29, 1.82) is 0 Å². The maximum Gasteiger partial charge on any atom is 0.0488 e. The van der Waals surface area contributed by atoms with Crippen molar-refractivity contribution in [2.75, 3.05) is 26.2 Å². The number of hydrogen-bond donors (Lipinski definition) is 1. The van der Waals surface area contributed by atoms with Gasteiger partial charge in [0, 0.05) is 56.4 Å². The lowest BCUT2D eigenvalue weighted by molar-refractivity contribution is 0.233. The SMILES string of the molecule is Cc1cc(C)c2c(CN3CCNCC3)c(C)n(C)c2c1. The Hall–Kier alpha value is -1.32. The molecule has 0 unspecified atom stereocenters. The summed E-state index contributed by atoms with van der Waals surface area (Å²) in [4.78, 5) is 2.57. The van der Waals surface area contributed by atoms with E-state index in [0.29, 0.717) is 0 Å². The average molecular weight is 271 g/mol. The summed E-state index contributed by atoms with van der Waals surface area (Å²) in [5.74, 6) is 0. The molecule has 3 rings (SSSR count). The molecule has 0 saturated carbocycles. The van der Waals surface area contributed by atoms with Crippen LogP contribution in [-0.2, 0) is 13.6 Å². The third kappa shape index (κ3) is 2.25. The predicted octanol–water partition coefficient (Wildman–Crippen LogP) is 2.51. The summed E-state index contributed by atoms with van der Waals surface area (Å²) in [5.41, 5.74) is 7.07. The van der Waals surface area contributed by atoms with Crippen LogP contribution in [0.1, 0.15) is 22.4 Å². The Morgan fingerprint density at radius 2 is 1.80 bits per heavy atom. The van der Waals surface area contributed by atoms with Crippen molar-refractivity contribution in [2.45, 2.75) is 27.3 Å². The van der Waals surface area contributed by atoms with Crippen LogP contribution in [0.15, 0.2) is 12.1 Å². The van der Waals surface area contributed by atoms with E-state index in [1.165, 1.54) is 33.3 Å². The Morgan fingerprint density at radius 1 is 1.10 bits per heavy atom. The van der Waals surface area contributed by atoms with Gasteiger partial charge in [-0.05, 0) is 43.5 Å². The van der Waals surface area contributed by atoms with E-state index in [1.54, 1.807) is 0 Å². The van der Waals surface area contributed by atoms with E-state index in [0.717, 1.165) is 32.7 Å². The molecular formula is C17H25N3. The lowest BCUT2D eigenvalue weighted by Crippen LogP contribution is -2.43. The minimum absolute atomic E-state index is 1.08. The fraction of sp³-hybridized carbons (Fsp3) is 0.529. The molecular weight excluding hydrogens is 246 g/mol. The number of aryl methyl sites for hydroxylation is 3. The first-order chi connectivity index (χ1) is 9.58. The molecule has 1 saturated heterocycles. The molecule has 0 spiro atoms. The highest BCUT2D eigenvalue weighted by Gasteiger charge is 2.18. The molecule has 3 heteroatoms. The quantitative estimate of drug-likeness (QED) is 0.905. The summed E-state index contributed by atoms with van der Waals surface area (Å²) in [6, 6.07) is 4.62. The van der Waals surface area contributed by atoms with Gasteiger partial charge >= 0.3 is 0 Å². The summed E-state index contributed by atoms with van der Waals surface area (Å²) in [5, 5.41) is 4.90. The van der Waals surface area contributed by atoms with E-state index < -0.39 is 0 Å². The van der Waals surface area contributed by atoms with E-state index in [9.17, 15) is 0 Å². The van der Waals surface area contributed by atoms with Crippen molar-refractivity contribution in [1.82, 2.24) is 14.8 Å². The maximum absolute atomic E-state index is 3.43. The third-order valence-corrected chi connectivity index (χ3v) is 4.65. The van der Waals surface area contributed by atoms with Gasteiger partial charge in [0.15, 0.2) is 0 Å². The molecule has 0 radical (unpaired) electrons. The van der Waals surface area contributed by atoms with Crippen molar-refractivity contribution in [3.05, 3.63) is 34.5 Å². The summed E-state index contributed by atoms with van der Waals surface area (Å²) < 4.78 is 2.35. The van der Waals surface area contributed by atoms with Crippen LogP contribution < -0.4 is 5.32 Å². The summed E-state index contributed by atoms with van der Waals surface area (Å²) >= 11 is 0. The van der Waals surface area contributed by atoms with Crippen LogP contribution in [0.2, 0.25) is 0 Å². The molecule has 1 aliphatic heterocycles. The number of nitrogens with zero attached hydrogens (tertiary/aromatic N) is 2. The molecule has 0 amide bonds. The maximum atomic E-state index is 3.43. The number of piperazine rings is 1. The first-order valence-corrected chi connectivity index (χ1v) is 7.56. The molecule has 0 atom stereocenters. The first-order valence-electron chi connectivity index (χ1n) is 7.56. The minimum Gasteiger partial charge on any atom is -0.348 e. The molecule has 0 bridgehead atoms. The monoisotopic (exact) mass is 271 g/mol. The number of hydrogen-bond acceptors (Lipinski definition) is 2. The minimum atomic E-state index is 1.08. The summed E-state index contributed by atoms with van der Waals surface area (Å²) in [6.45, 7) is 12.3. The zero-order valence-corrected chi connectivity index (χ0v) is 13.1. The Bertz CT molecular complexity index is 633. The van der Waals surface area contributed by atoms with Crippen LogP contribution in [0.25, 0.3) is 10.9 Å². The molecule has 2 heterocycles. The summed E-state index contributed by atoms with van der Waals surface area (Å²) in [6.07, 6.45) is 0. The number of aromatic nitrogens is 1. The van der Waals surface area contributed by atoms with Gasteiger partial charge in [0.1, 0.15) is 0 Å². The zero-order valence-electron chi connectivity index (χ0n) is 13.1. The molecule has 108 valence electrons. The Balaban J connectivity index is 2.07. The van der Waals surface area contributed by atoms with Gasteiger partial charge in [-0.2, -0.15) is 0 Å². The molecule has 3 nitrogen and oxygen atoms in total. The average Bonchev–Trinajstić information content (AvgIpc) is 2.65. The largest absolute Gasteiger partial charge is 0.348 e. The van der Waals surface area contributed by atoms with E-state index in [-0.39, 0.29) is 0 Å². The lowest BCUT2D eigenvalue weighted by atomic mass is 10.0. The lowest BCUT2D eigenvalue weighted by Gasteiger charge is -2.27. The second-order valence-electron chi connectivity index (χ2n) is 6.13. The van der Waals surface area contributed by atoms with Gasteiger partial charge in [0.05, 0.1) is 0 Å². The number of benzene rings is 1. The first kappa shape index (κ1) is 13.7. The third-order valence-electron chi connectivity index (χ3n) is 4.65. The van der Waals surface area contributed by atoms with Crippen molar-refractivity contribution < 1.29 is 0 Å². The second kappa shape index (κ2) is 5.23. The smallest absolute Gasteiger partial charge is 0.0488 e. The molecule has 1 aliphatic rings. The van der Waals surface area contributed by atoms with Crippen molar-refractivity contribution >= 4 is 10.9 Å². The zero-order chi connectivity index (χ0) is 14.3. The Morgan fingerprint density at radius 3 is 2.50 bits per heavy atom. The van der Waals surface area contributed by atoms with Gasteiger partial charge in [-0.25, -0.2) is 0 Å². The number of rotatable bonds is 2. The van der Waals surface area contributed by atoms with Gasteiger partial charge in [0.2, 0.25) is 0 Å². The molecule has 2 aromatic rings. The molecule has 1 aromatic heterocycles. The fourth-order valence-electron chi connectivity index (χ4n) is 3.45. The van der Waals surface area contributed by atoms with Crippen molar-refractivity contribution in [3.63, 3.8) is 0 Å². The fourth-order valence-corrected chi connectivity index (χ4v) is 3.45. The van der Waals surface area contributed by atoms with Crippen LogP contribution in [0, 0.1) is 20.8 Å². The second-order valence-corrected chi connectivity index (χ2v) is 6.13. The highest BCUT2D eigenvalue weighted by atomic mass is 15.2. The Kier molecular flexibility index (Phi) is 3.57. The van der Waals surface area contributed by atoms with Crippen LogP contribution in [0.4, 0.5) is 0 Å². The van der Waals surface area contributed by atoms with Crippen molar-refractivity contribution in [3.8, 4) is 0 Å². The normalized spacial score (nSPS) is 17.0. The van der Waals surface area contributed by atoms with Gasteiger partial charge < -0.3 is 9.88 Å². The number of nitrogens with one attached hydrogen (secondary N) is 1. The highest BCUT2D eigenvalue weighted by Crippen LogP contribution is 2.30. The van der Waals surface area contributed by atoms with Gasteiger partial charge in [0.25, 0.3) is 0 Å². The van der Waals surface area contributed by atoms with Crippen LogP contribution in [0.5, 0.6) is 0 Å². The van der Waals surface area contributed by atoms with Gasteiger partial charge in [-0.15, -0.1) is 0 Å². The molecule has 1 aromatic carbocycles. The number of fused-ring (bicyclic) bond motifs is 1. The van der Waals surface area contributed by atoms with Crippen LogP contribution >= 0.6 is 0 Å². The molecule has 0 aliphatic carbocycles. The van der Waals surface area contributed by atoms with E-state index >= 15 is 0 Å². The van der Waals surface area contributed by atoms with Crippen LogP contribution in [0.3, 0.4) is 0 Å². The predicted molar refractivity (Wildman–Crippen MR) is 85.3 cm³/mol. The van der Waals surface area contributed by atoms with Gasteiger partial charge in [-0.3, -0.25) is 4.90 Å². The Labute approximate surface area is 121 Å². The highest BCUT2D eigenvalue weighted by molar-refractivity contribution is 5.89. The van der Waals surface area contributed by atoms with Crippen molar-refractivity contribution in [2.24, 2.45) is 7.05 Å². The van der Waals surface area contributed by atoms with E-state index in [2.05, 4.69) is 54.7 Å².